The van der Waals surface area contributed by atoms with Gasteiger partial charge in [-0.1, -0.05) is 25.1 Å². The minimum atomic E-state index is -0.732. The molecular weight excluding hydrogens is 522 g/mol. The molecule has 5 rings (SSSR count). The Labute approximate surface area is 228 Å². The van der Waals surface area contributed by atoms with E-state index in [0.717, 1.165) is 12.8 Å². The zero-order valence-corrected chi connectivity index (χ0v) is 22.3. The molecule has 0 unspecified atom stereocenters. The van der Waals surface area contributed by atoms with Gasteiger partial charge in [0.2, 0.25) is 5.89 Å². The molecule has 0 bridgehead atoms. The van der Waals surface area contributed by atoms with E-state index in [4.69, 9.17) is 4.52 Å². The molecule has 4 aromatic rings. The predicted octanol–water partition coefficient (Wildman–Crippen LogP) is 4.97. The highest BCUT2D eigenvalue weighted by molar-refractivity contribution is 6.00. The third kappa shape index (κ3) is 5.75. The topological polar surface area (TPSA) is 123 Å². The van der Waals surface area contributed by atoms with Crippen LogP contribution in [0.3, 0.4) is 0 Å². The van der Waals surface area contributed by atoms with Crippen LogP contribution in [0.4, 0.5) is 20.3 Å². The Morgan fingerprint density at radius 2 is 1.93 bits per heavy atom. The highest BCUT2D eigenvalue weighted by Gasteiger charge is 2.27. The van der Waals surface area contributed by atoms with Gasteiger partial charge in [0, 0.05) is 42.8 Å². The first kappa shape index (κ1) is 27.1. The Balaban J connectivity index is 1.38. The number of rotatable bonds is 7. The van der Waals surface area contributed by atoms with Crippen molar-refractivity contribution in [3.05, 3.63) is 60.0 Å². The number of piperidine rings is 1. The monoisotopic (exact) mass is 550 g/mol. The number of esters is 1. The van der Waals surface area contributed by atoms with Gasteiger partial charge in [0.1, 0.15) is 23.8 Å². The van der Waals surface area contributed by atoms with Gasteiger partial charge in [-0.3, -0.25) is 9.59 Å². The van der Waals surface area contributed by atoms with Crippen LogP contribution in [0.25, 0.3) is 22.0 Å². The Morgan fingerprint density at radius 3 is 2.60 bits per heavy atom. The number of carbonyl (C=O) groups excluding carboxylic acids is 2. The van der Waals surface area contributed by atoms with E-state index in [-0.39, 0.29) is 17.5 Å². The second kappa shape index (κ2) is 11.3. The van der Waals surface area contributed by atoms with Crippen LogP contribution >= 0.6 is 0 Å². The predicted molar refractivity (Wildman–Crippen MR) is 143 cm³/mol. The summed E-state index contributed by atoms with van der Waals surface area (Å²) in [5, 5.41) is 7.02. The van der Waals surface area contributed by atoms with Crippen molar-refractivity contribution in [2.75, 3.05) is 29.9 Å². The van der Waals surface area contributed by atoms with E-state index in [0.29, 0.717) is 52.7 Å². The lowest BCUT2D eigenvalue weighted by atomic mass is 9.95. The largest absolute Gasteiger partial charge is 0.456 e. The fourth-order valence-corrected chi connectivity index (χ4v) is 4.73. The van der Waals surface area contributed by atoms with Gasteiger partial charge in [-0.25, -0.2) is 18.7 Å². The second-order valence-corrected chi connectivity index (χ2v) is 9.98. The van der Waals surface area contributed by atoms with Crippen LogP contribution in [0.15, 0.2) is 41.2 Å². The van der Waals surface area contributed by atoms with E-state index >= 15 is 0 Å². The van der Waals surface area contributed by atoms with Gasteiger partial charge in [0.25, 0.3) is 5.91 Å². The molecular formula is C28H28F2N6O4. The molecule has 40 heavy (non-hydrogen) atoms. The minimum Gasteiger partial charge on any atom is -0.456 e. The van der Waals surface area contributed by atoms with Crippen LogP contribution in [0.5, 0.6) is 0 Å². The maximum atomic E-state index is 14.9. The van der Waals surface area contributed by atoms with Crippen LogP contribution in [-0.2, 0) is 14.3 Å². The zero-order valence-electron chi connectivity index (χ0n) is 22.3. The summed E-state index contributed by atoms with van der Waals surface area (Å²) < 4.78 is 39.8. The van der Waals surface area contributed by atoms with E-state index in [9.17, 15) is 18.4 Å². The van der Waals surface area contributed by atoms with Gasteiger partial charge in [0.15, 0.2) is 12.4 Å². The Kier molecular flexibility index (Phi) is 7.67. The van der Waals surface area contributed by atoms with E-state index in [1.807, 2.05) is 13.8 Å². The average molecular weight is 551 g/mol. The Bertz CT molecular complexity index is 1570. The average Bonchev–Trinajstić information content (AvgIpc) is 3.43. The van der Waals surface area contributed by atoms with E-state index < -0.39 is 30.1 Å². The lowest BCUT2D eigenvalue weighted by molar-refractivity contribution is -0.144. The number of anilines is 2. The Morgan fingerprint density at radius 1 is 1.15 bits per heavy atom. The van der Waals surface area contributed by atoms with Crippen LogP contribution < -0.4 is 10.2 Å². The fraction of sp³-hybridized carbons (Fsp3) is 0.357. The van der Waals surface area contributed by atoms with E-state index in [1.54, 1.807) is 6.07 Å². The van der Waals surface area contributed by atoms with Crippen LogP contribution in [0.2, 0.25) is 0 Å². The molecule has 0 saturated carbocycles. The lowest BCUT2D eigenvalue weighted by Gasteiger charge is -2.32. The van der Waals surface area contributed by atoms with Crippen molar-refractivity contribution < 1.29 is 27.6 Å². The standard InChI is InChI=1S/C28H28F2N6O4/c1-15(2)28-34-26(35-40-28)17-6-8-36(9-7-17)27-21-12-19(29)11-20(25(21)31-14-32-27)18-4-5-23(22(30)10-18)33-24(38)13-39-16(3)37/h4-5,10-12,14-15,17H,6-9,13H2,1-3H3,(H,33,38). The summed E-state index contributed by atoms with van der Waals surface area (Å²) in [6, 6.07) is 6.79. The summed E-state index contributed by atoms with van der Waals surface area (Å²) in [5.41, 5.74) is 1.14. The van der Waals surface area contributed by atoms with Gasteiger partial charge in [-0.15, -0.1) is 0 Å². The van der Waals surface area contributed by atoms with Gasteiger partial charge < -0.3 is 19.5 Å². The molecule has 0 spiro atoms. The smallest absolute Gasteiger partial charge is 0.303 e. The molecule has 0 aliphatic carbocycles. The molecule has 10 nitrogen and oxygen atoms in total. The molecule has 1 aliphatic rings. The summed E-state index contributed by atoms with van der Waals surface area (Å²) >= 11 is 0. The highest BCUT2D eigenvalue weighted by Crippen LogP contribution is 2.36. The van der Waals surface area contributed by atoms with E-state index in [2.05, 4.69) is 35.1 Å². The third-order valence-corrected chi connectivity index (χ3v) is 6.75. The first-order valence-electron chi connectivity index (χ1n) is 13.0. The lowest BCUT2D eigenvalue weighted by Crippen LogP contribution is -2.34. The first-order valence-corrected chi connectivity index (χ1v) is 13.0. The van der Waals surface area contributed by atoms with Crippen LogP contribution in [-0.4, -0.2) is 51.7 Å². The number of aromatic nitrogens is 4. The quantitative estimate of drug-likeness (QED) is 0.318. The van der Waals surface area contributed by atoms with Crippen molar-refractivity contribution in [2.24, 2.45) is 0 Å². The SMILES string of the molecule is CC(=O)OCC(=O)Nc1ccc(-c2cc(F)cc3c(N4CCC(c5noc(C(C)C)n5)CC4)ncnc23)cc1F. The van der Waals surface area contributed by atoms with Crippen molar-refractivity contribution in [3.8, 4) is 11.1 Å². The maximum absolute atomic E-state index is 14.9. The number of benzene rings is 2. The van der Waals surface area contributed by atoms with Crippen molar-refractivity contribution in [3.63, 3.8) is 0 Å². The molecule has 1 amide bonds. The number of carbonyl (C=O) groups is 2. The van der Waals surface area contributed by atoms with Gasteiger partial charge in [-0.2, -0.15) is 4.98 Å². The summed E-state index contributed by atoms with van der Waals surface area (Å²) in [7, 11) is 0. The molecule has 1 fully saturated rings. The number of nitrogens with one attached hydrogen (secondary N) is 1. The van der Waals surface area contributed by atoms with Crippen molar-refractivity contribution in [2.45, 2.75) is 45.4 Å². The molecule has 12 heteroatoms. The summed E-state index contributed by atoms with van der Waals surface area (Å²) in [6.45, 7) is 5.96. The number of hydrogen-bond donors (Lipinski definition) is 1. The molecule has 3 heterocycles. The van der Waals surface area contributed by atoms with Crippen LogP contribution in [0, 0.1) is 11.6 Å². The Hall–Kier alpha value is -4.48. The molecule has 2 aromatic carbocycles. The second-order valence-electron chi connectivity index (χ2n) is 9.98. The van der Waals surface area contributed by atoms with Crippen molar-refractivity contribution >= 4 is 34.3 Å². The van der Waals surface area contributed by atoms with Gasteiger partial charge >= 0.3 is 5.97 Å². The summed E-state index contributed by atoms with van der Waals surface area (Å²) in [5.74, 6) is -0.313. The van der Waals surface area contributed by atoms with Gasteiger partial charge in [-0.05, 0) is 42.7 Å². The molecule has 208 valence electrons. The third-order valence-electron chi connectivity index (χ3n) is 6.75. The molecule has 1 N–H and O–H groups in total. The summed E-state index contributed by atoms with van der Waals surface area (Å²) in [4.78, 5) is 38.3. The normalized spacial score (nSPS) is 14.1. The zero-order chi connectivity index (χ0) is 28.4. The number of fused-ring (bicyclic) bond motifs is 1. The maximum Gasteiger partial charge on any atom is 0.303 e. The first-order chi connectivity index (χ1) is 19.2. The number of hydrogen-bond acceptors (Lipinski definition) is 9. The molecule has 0 atom stereocenters. The van der Waals surface area contributed by atoms with Crippen molar-refractivity contribution in [1.82, 2.24) is 20.1 Å². The molecule has 2 aromatic heterocycles. The number of ether oxygens (including phenoxy) is 1. The van der Waals surface area contributed by atoms with E-state index in [1.165, 1.54) is 37.5 Å². The number of nitrogens with zero attached hydrogens (tertiary/aromatic N) is 5. The summed E-state index contributed by atoms with van der Waals surface area (Å²) in [6.07, 6.45) is 2.97. The molecule has 1 saturated heterocycles. The molecule has 1 aliphatic heterocycles. The molecule has 0 radical (unpaired) electrons. The van der Waals surface area contributed by atoms with Crippen molar-refractivity contribution in [1.29, 1.82) is 0 Å². The van der Waals surface area contributed by atoms with Crippen LogP contribution in [0.1, 0.15) is 57.2 Å². The minimum absolute atomic E-state index is 0.0955. The number of amides is 1. The number of halogens is 2. The van der Waals surface area contributed by atoms with Gasteiger partial charge in [0.05, 0.1) is 11.2 Å². The highest BCUT2D eigenvalue weighted by atomic mass is 19.1. The fourth-order valence-electron chi connectivity index (χ4n) is 4.73.